The molecule has 1 N–H and O–H groups in total. The summed E-state index contributed by atoms with van der Waals surface area (Å²) in [5.41, 5.74) is -5.52. The Balaban J connectivity index is 1.57. The number of amides is 1. The van der Waals surface area contributed by atoms with Crippen LogP contribution in [0.1, 0.15) is 33.6 Å². The van der Waals surface area contributed by atoms with E-state index in [2.05, 4.69) is 15.3 Å². The zero-order chi connectivity index (χ0) is 26.7. The summed E-state index contributed by atoms with van der Waals surface area (Å²) in [6.45, 7) is 7.46. The Morgan fingerprint density at radius 1 is 1.14 bits per heavy atom. The van der Waals surface area contributed by atoms with E-state index in [1.54, 1.807) is 11.0 Å². The molecule has 2 heterocycles. The lowest BCUT2D eigenvalue weighted by molar-refractivity contribution is -0.0436. The summed E-state index contributed by atoms with van der Waals surface area (Å²) in [5, 5.41) is 2.95. The van der Waals surface area contributed by atoms with Crippen LogP contribution < -0.4 is 10.2 Å². The maximum absolute atomic E-state index is 12.7. The number of hydrogen-bond donors (Lipinski definition) is 1. The van der Waals surface area contributed by atoms with Crippen molar-refractivity contribution in [2.45, 2.75) is 49.6 Å². The zero-order valence-electron chi connectivity index (χ0n) is 20.5. The van der Waals surface area contributed by atoms with Gasteiger partial charge in [0.25, 0.3) is 9.84 Å². The van der Waals surface area contributed by atoms with Gasteiger partial charge in [-0.05, 0) is 63.8 Å². The summed E-state index contributed by atoms with van der Waals surface area (Å²) in [6.07, 6.45) is 2.71. The fourth-order valence-corrected chi connectivity index (χ4v) is 4.49. The van der Waals surface area contributed by atoms with Crippen molar-refractivity contribution in [3.05, 3.63) is 36.7 Å². The number of likely N-dealkylation sites (tertiary alicyclic amines) is 1. The summed E-state index contributed by atoms with van der Waals surface area (Å²) in [6, 6.07) is 5.95. The number of anilines is 3. The van der Waals surface area contributed by atoms with Gasteiger partial charge in [-0.1, -0.05) is 0 Å². The molecule has 0 atom stereocenters. The topological polar surface area (TPSA) is 105 Å². The highest BCUT2D eigenvalue weighted by molar-refractivity contribution is 7.92. The molecule has 1 aliphatic rings. The van der Waals surface area contributed by atoms with E-state index in [0.717, 1.165) is 25.0 Å². The average Bonchev–Trinajstić information content (AvgIpc) is 2.78. The van der Waals surface area contributed by atoms with E-state index < -0.39 is 25.8 Å². The van der Waals surface area contributed by atoms with Crippen molar-refractivity contribution in [2.75, 3.05) is 36.9 Å². The van der Waals surface area contributed by atoms with E-state index in [9.17, 15) is 26.4 Å². The van der Waals surface area contributed by atoms with Crippen molar-refractivity contribution >= 4 is 33.3 Å². The van der Waals surface area contributed by atoms with Crippen molar-refractivity contribution < 1.29 is 31.1 Å². The van der Waals surface area contributed by atoms with Gasteiger partial charge in [0.1, 0.15) is 23.6 Å². The second-order valence-corrected chi connectivity index (χ2v) is 11.6. The van der Waals surface area contributed by atoms with Crippen LogP contribution >= 0.6 is 0 Å². The first-order valence-corrected chi connectivity index (χ1v) is 12.8. The molecular formula is C23H30F3N5O4S. The molecule has 1 saturated heterocycles. The van der Waals surface area contributed by atoms with Crippen LogP contribution in [0.15, 0.2) is 41.6 Å². The lowest BCUT2D eigenvalue weighted by atomic mass is 9.96. The highest BCUT2D eigenvalue weighted by Crippen LogP contribution is 2.31. The van der Waals surface area contributed by atoms with E-state index in [-0.39, 0.29) is 6.09 Å². The molecule has 1 aromatic heterocycles. The number of hydrogen-bond acceptors (Lipinski definition) is 8. The third kappa shape index (κ3) is 6.99. The molecule has 1 aromatic carbocycles. The first-order valence-electron chi connectivity index (χ1n) is 11.4. The van der Waals surface area contributed by atoms with Crippen LogP contribution in [0.25, 0.3) is 0 Å². The number of halogens is 3. The maximum atomic E-state index is 12.7. The van der Waals surface area contributed by atoms with E-state index in [1.807, 2.05) is 32.7 Å². The number of ether oxygens (including phenoxy) is 1. The number of rotatable bonds is 6. The van der Waals surface area contributed by atoms with Crippen LogP contribution in [0.2, 0.25) is 0 Å². The van der Waals surface area contributed by atoms with Crippen molar-refractivity contribution in [1.29, 1.82) is 0 Å². The lowest BCUT2D eigenvalue weighted by Crippen LogP contribution is -2.43. The quantitative estimate of drug-likeness (QED) is 0.579. The number of sulfone groups is 1. The molecule has 2 aromatic rings. The van der Waals surface area contributed by atoms with Crippen molar-refractivity contribution in [3.8, 4) is 0 Å². The van der Waals surface area contributed by atoms with Gasteiger partial charge in [0.15, 0.2) is 0 Å². The molecule has 0 unspecified atom stereocenters. The monoisotopic (exact) mass is 529 g/mol. The average molecular weight is 530 g/mol. The summed E-state index contributed by atoms with van der Waals surface area (Å²) in [7, 11) is -3.51. The minimum atomic E-state index is -5.40. The number of carbonyl (C=O) groups is 1. The molecule has 9 nitrogen and oxygen atoms in total. The van der Waals surface area contributed by atoms with Gasteiger partial charge in [-0.15, -0.1) is 0 Å². The molecule has 0 aliphatic carbocycles. The van der Waals surface area contributed by atoms with Gasteiger partial charge in [-0.3, -0.25) is 0 Å². The van der Waals surface area contributed by atoms with Crippen LogP contribution in [0.3, 0.4) is 0 Å². The summed E-state index contributed by atoms with van der Waals surface area (Å²) >= 11 is 0. The van der Waals surface area contributed by atoms with Crippen molar-refractivity contribution in [1.82, 2.24) is 14.9 Å². The molecule has 1 aliphatic heterocycles. The van der Waals surface area contributed by atoms with Crippen molar-refractivity contribution in [2.24, 2.45) is 5.92 Å². The predicted molar refractivity (Wildman–Crippen MR) is 129 cm³/mol. The third-order valence-corrected chi connectivity index (χ3v) is 7.09. The molecule has 1 fully saturated rings. The molecule has 198 valence electrons. The number of alkyl halides is 3. The second-order valence-electron chi connectivity index (χ2n) is 9.65. The minimum absolute atomic E-state index is 0.301. The molecule has 3 rings (SSSR count). The highest BCUT2D eigenvalue weighted by Gasteiger charge is 2.46. The van der Waals surface area contributed by atoms with Gasteiger partial charge in [-0.25, -0.2) is 23.2 Å². The molecule has 0 radical (unpaired) electrons. The van der Waals surface area contributed by atoms with Crippen LogP contribution in [0.5, 0.6) is 0 Å². The molecule has 36 heavy (non-hydrogen) atoms. The normalized spacial score (nSPS) is 15.5. The largest absolute Gasteiger partial charge is 0.501 e. The summed E-state index contributed by atoms with van der Waals surface area (Å²) in [5.74, 6) is 1.39. The fraction of sp³-hybridized carbons (Fsp3) is 0.522. The fourth-order valence-electron chi connectivity index (χ4n) is 3.73. The molecular weight excluding hydrogens is 499 g/mol. The van der Waals surface area contributed by atoms with Crippen molar-refractivity contribution in [3.63, 3.8) is 0 Å². The number of benzene rings is 1. The van der Waals surface area contributed by atoms with E-state index in [4.69, 9.17) is 4.74 Å². The molecule has 13 heteroatoms. The van der Waals surface area contributed by atoms with Gasteiger partial charge in [-0.2, -0.15) is 13.2 Å². The first kappa shape index (κ1) is 27.5. The van der Waals surface area contributed by atoms with Gasteiger partial charge < -0.3 is 19.9 Å². The number of nitrogens with one attached hydrogen (secondary N) is 1. The Hall–Kier alpha value is -3.09. The Bertz CT molecular complexity index is 1160. The second kappa shape index (κ2) is 10.5. The Morgan fingerprint density at radius 3 is 2.31 bits per heavy atom. The van der Waals surface area contributed by atoms with E-state index in [0.29, 0.717) is 42.9 Å². The molecule has 0 saturated carbocycles. The predicted octanol–water partition coefficient (Wildman–Crippen LogP) is 4.60. The molecule has 1 amide bonds. The van der Waals surface area contributed by atoms with Gasteiger partial charge in [0, 0.05) is 38.4 Å². The standard InChI is InChI=1S/C23H30F3N5O4S/c1-22(2,3)35-21(32)31-11-9-16(10-12-31)14-30(4)20-13-19(27-15-28-20)29-17-5-7-18(8-6-17)36(33,34)23(24,25)26/h5-8,13,15-16H,9-12,14H2,1-4H3,(H,27,28,29). The first-order chi connectivity index (χ1) is 16.7. The SMILES string of the molecule is CN(CC1CCN(C(=O)OC(C)(C)C)CC1)c1cc(Nc2ccc(S(=O)(=O)C(F)(F)F)cc2)ncn1. The maximum Gasteiger partial charge on any atom is 0.501 e. The number of nitrogens with zero attached hydrogens (tertiary/aromatic N) is 4. The van der Waals surface area contributed by atoms with E-state index in [1.165, 1.54) is 18.5 Å². The van der Waals surface area contributed by atoms with Gasteiger partial charge in [0.05, 0.1) is 4.90 Å². The van der Waals surface area contributed by atoms with Gasteiger partial charge >= 0.3 is 11.6 Å². The van der Waals surface area contributed by atoms with Crippen LogP contribution in [0.4, 0.5) is 35.3 Å². The van der Waals surface area contributed by atoms with Crippen LogP contribution in [0, 0.1) is 5.92 Å². The Kier molecular flexibility index (Phi) is 8.01. The Labute approximate surface area is 208 Å². The summed E-state index contributed by atoms with van der Waals surface area (Å²) in [4.78, 5) is 23.5. The minimum Gasteiger partial charge on any atom is -0.444 e. The van der Waals surface area contributed by atoms with Crippen LogP contribution in [-0.2, 0) is 14.6 Å². The molecule has 0 bridgehead atoms. The highest BCUT2D eigenvalue weighted by atomic mass is 32.2. The number of piperidine rings is 1. The molecule has 0 spiro atoms. The Morgan fingerprint density at radius 2 is 1.75 bits per heavy atom. The lowest BCUT2D eigenvalue weighted by Gasteiger charge is -2.35. The third-order valence-electron chi connectivity index (χ3n) is 5.58. The van der Waals surface area contributed by atoms with E-state index >= 15 is 0 Å². The summed E-state index contributed by atoms with van der Waals surface area (Å²) < 4.78 is 66.6. The van der Waals surface area contributed by atoms with Gasteiger partial charge in [0.2, 0.25) is 0 Å². The smallest absolute Gasteiger partial charge is 0.444 e. The zero-order valence-corrected chi connectivity index (χ0v) is 21.4. The number of carbonyl (C=O) groups excluding carboxylic acids is 1. The number of aromatic nitrogens is 2. The van der Waals surface area contributed by atoms with Crippen LogP contribution in [-0.4, -0.2) is 67.2 Å².